The molecule has 0 saturated heterocycles. The van der Waals surface area contributed by atoms with Crippen LogP contribution in [0.2, 0.25) is 0 Å². The van der Waals surface area contributed by atoms with Crippen LogP contribution in [0.1, 0.15) is 69.6 Å². The Morgan fingerprint density at radius 3 is 2.65 bits per heavy atom. The van der Waals surface area contributed by atoms with Gasteiger partial charge >= 0.3 is 6.18 Å². The second-order valence-electron chi connectivity index (χ2n) is 11.1. The number of nitrogens with zero attached hydrogens (tertiary/aromatic N) is 3. The maximum absolute atomic E-state index is 15.7. The minimum Gasteiger partial charge on any atom is -0.468 e. The monoisotopic (exact) mass is 562 g/mol. The summed E-state index contributed by atoms with van der Waals surface area (Å²) >= 11 is 0. The Kier molecular flexibility index (Phi) is 8.03. The molecule has 3 heterocycles. The molecule has 11 heteroatoms. The van der Waals surface area contributed by atoms with Gasteiger partial charge in [-0.3, -0.25) is 9.59 Å². The molecule has 2 aromatic rings. The van der Waals surface area contributed by atoms with Crippen molar-refractivity contribution in [2.45, 2.75) is 69.4 Å². The van der Waals surface area contributed by atoms with E-state index in [1.165, 1.54) is 6.07 Å². The van der Waals surface area contributed by atoms with E-state index in [1.54, 1.807) is 36.2 Å². The van der Waals surface area contributed by atoms with Crippen molar-refractivity contribution in [1.82, 2.24) is 20.1 Å². The first-order valence-electron chi connectivity index (χ1n) is 13.8. The first-order valence-corrected chi connectivity index (χ1v) is 13.8. The summed E-state index contributed by atoms with van der Waals surface area (Å²) in [5, 5.41) is 3.05. The van der Waals surface area contributed by atoms with E-state index in [0.29, 0.717) is 75.7 Å². The number of hydrogen-bond donors (Lipinski definition) is 1. The van der Waals surface area contributed by atoms with Crippen molar-refractivity contribution in [3.8, 4) is 5.88 Å². The summed E-state index contributed by atoms with van der Waals surface area (Å²) in [6.07, 6.45) is -0.949. The fourth-order valence-electron chi connectivity index (χ4n) is 5.90. The Morgan fingerprint density at radius 2 is 1.90 bits per heavy atom. The SMILES string of the molecule is CN1Cc2c(C(=O)N[C@H]3CC[C@](F)(CCN4CCc5ccc(OCC(F)(F)F)nc5CC4)CC3)cccc2C1=O. The van der Waals surface area contributed by atoms with Crippen LogP contribution in [0.3, 0.4) is 0 Å². The first kappa shape index (κ1) is 28.3. The predicted octanol–water partition coefficient (Wildman–Crippen LogP) is 4.48. The smallest absolute Gasteiger partial charge is 0.422 e. The van der Waals surface area contributed by atoms with Gasteiger partial charge in [-0.05, 0) is 61.8 Å². The molecule has 1 N–H and O–H groups in total. The number of amides is 2. The zero-order valence-electron chi connectivity index (χ0n) is 22.5. The molecule has 7 nitrogen and oxygen atoms in total. The van der Waals surface area contributed by atoms with Crippen LogP contribution in [-0.4, -0.2) is 77.8 Å². The minimum atomic E-state index is -4.42. The van der Waals surface area contributed by atoms with E-state index in [0.717, 1.165) is 23.4 Å². The number of alkyl halides is 4. The van der Waals surface area contributed by atoms with Gasteiger partial charge in [0.25, 0.3) is 11.8 Å². The van der Waals surface area contributed by atoms with E-state index in [9.17, 15) is 22.8 Å². The van der Waals surface area contributed by atoms with Crippen molar-refractivity contribution in [3.05, 3.63) is 58.3 Å². The number of pyridine rings is 1. The maximum Gasteiger partial charge on any atom is 0.422 e. The summed E-state index contributed by atoms with van der Waals surface area (Å²) in [6, 6.07) is 8.31. The van der Waals surface area contributed by atoms with Gasteiger partial charge in [0.15, 0.2) is 6.61 Å². The summed E-state index contributed by atoms with van der Waals surface area (Å²) in [7, 11) is 1.71. The van der Waals surface area contributed by atoms with Gasteiger partial charge < -0.3 is 19.9 Å². The predicted molar refractivity (Wildman–Crippen MR) is 140 cm³/mol. The summed E-state index contributed by atoms with van der Waals surface area (Å²) in [5.74, 6) is -0.344. The number of hydrogen-bond acceptors (Lipinski definition) is 5. The van der Waals surface area contributed by atoms with Gasteiger partial charge in [0.05, 0.1) is 0 Å². The second-order valence-corrected chi connectivity index (χ2v) is 11.1. The van der Waals surface area contributed by atoms with Crippen molar-refractivity contribution >= 4 is 11.8 Å². The number of carbonyl (C=O) groups is 2. The zero-order chi connectivity index (χ0) is 28.5. The molecule has 5 rings (SSSR count). The van der Waals surface area contributed by atoms with E-state index >= 15 is 4.39 Å². The van der Waals surface area contributed by atoms with Crippen LogP contribution in [0.4, 0.5) is 17.6 Å². The fraction of sp³-hybridized carbons (Fsp3) is 0.552. The highest BCUT2D eigenvalue weighted by molar-refractivity contribution is 6.04. The van der Waals surface area contributed by atoms with Crippen LogP contribution < -0.4 is 10.1 Å². The molecule has 0 atom stereocenters. The van der Waals surface area contributed by atoms with Gasteiger partial charge in [0.1, 0.15) is 5.67 Å². The standard InChI is InChI=1S/C29H34F4N4O3/c1-36-17-23-21(3-2-4-22(23)27(36)39)26(38)34-20-7-11-28(30,12-8-20)13-16-37-14-9-19-5-6-25(35-24(19)10-15-37)40-18-29(31,32)33/h2-6,20H,7-18H2,1H3,(H,34,38)/t20-,28+. The Bertz CT molecular complexity index is 1260. The first-order chi connectivity index (χ1) is 19.0. The number of benzene rings is 1. The molecule has 0 unspecified atom stereocenters. The number of rotatable bonds is 7. The number of halogens is 4. The van der Waals surface area contributed by atoms with Crippen LogP contribution in [0.15, 0.2) is 30.3 Å². The lowest BCUT2D eigenvalue weighted by Crippen LogP contribution is -2.43. The number of fused-ring (bicyclic) bond motifs is 2. The highest BCUT2D eigenvalue weighted by Crippen LogP contribution is 2.36. The van der Waals surface area contributed by atoms with Gasteiger partial charge in [-0.2, -0.15) is 13.2 Å². The molecule has 0 spiro atoms. The lowest BCUT2D eigenvalue weighted by molar-refractivity contribution is -0.154. The number of nitrogens with one attached hydrogen (secondary N) is 1. The van der Waals surface area contributed by atoms with Gasteiger partial charge in [0.2, 0.25) is 5.88 Å². The van der Waals surface area contributed by atoms with Crippen LogP contribution >= 0.6 is 0 Å². The third-order valence-electron chi connectivity index (χ3n) is 8.27. The summed E-state index contributed by atoms with van der Waals surface area (Å²) in [5.41, 5.74) is 2.21. The Labute approximate surface area is 230 Å². The zero-order valence-corrected chi connectivity index (χ0v) is 22.5. The second kappa shape index (κ2) is 11.3. The fourth-order valence-corrected chi connectivity index (χ4v) is 5.90. The highest BCUT2D eigenvalue weighted by Gasteiger charge is 2.37. The van der Waals surface area contributed by atoms with E-state index < -0.39 is 18.5 Å². The Balaban J connectivity index is 1.09. The molecule has 216 valence electrons. The Morgan fingerprint density at radius 1 is 1.15 bits per heavy atom. The molecule has 1 fully saturated rings. The summed E-state index contributed by atoms with van der Waals surface area (Å²) < 4.78 is 57.9. The van der Waals surface area contributed by atoms with E-state index in [4.69, 9.17) is 4.74 Å². The average Bonchev–Trinajstić information content (AvgIpc) is 3.08. The van der Waals surface area contributed by atoms with Crippen LogP contribution in [0.25, 0.3) is 0 Å². The quantitative estimate of drug-likeness (QED) is 0.504. The molecule has 3 aliphatic rings. The largest absolute Gasteiger partial charge is 0.468 e. The molecule has 2 amide bonds. The van der Waals surface area contributed by atoms with Gasteiger partial charge in [-0.25, -0.2) is 9.37 Å². The minimum absolute atomic E-state index is 0.0337. The lowest BCUT2D eigenvalue weighted by Gasteiger charge is -2.35. The topological polar surface area (TPSA) is 74.8 Å². The van der Waals surface area contributed by atoms with Crippen LogP contribution in [0.5, 0.6) is 5.88 Å². The van der Waals surface area contributed by atoms with Crippen molar-refractivity contribution < 1.29 is 31.9 Å². The Hall–Kier alpha value is -3.21. The number of aromatic nitrogens is 1. The summed E-state index contributed by atoms with van der Waals surface area (Å²) in [6.45, 7) is 0.986. The third kappa shape index (κ3) is 6.56. The van der Waals surface area contributed by atoms with Crippen LogP contribution in [-0.2, 0) is 19.4 Å². The van der Waals surface area contributed by atoms with E-state index in [-0.39, 0.29) is 23.7 Å². The molecule has 1 aromatic heterocycles. The molecule has 40 heavy (non-hydrogen) atoms. The van der Waals surface area contributed by atoms with Crippen LogP contribution in [0, 0.1) is 0 Å². The van der Waals surface area contributed by atoms with E-state index in [1.807, 2.05) is 0 Å². The maximum atomic E-state index is 15.7. The summed E-state index contributed by atoms with van der Waals surface area (Å²) in [4.78, 5) is 33.3. The molecular weight excluding hydrogens is 528 g/mol. The molecule has 0 radical (unpaired) electrons. The molecule has 2 aliphatic heterocycles. The third-order valence-corrected chi connectivity index (χ3v) is 8.27. The van der Waals surface area contributed by atoms with Crippen molar-refractivity contribution in [1.29, 1.82) is 0 Å². The van der Waals surface area contributed by atoms with Gasteiger partial charge in [-0.15, -0.1) is 0 Å². The number of ether oxygens (including phenoxy) is 1. The number of carbonyl (C=O) groups excluding carboxylic acids is 2. The molecule has 1 saturated carbocycles. The lowest BCUT2D eigenvalue weighted by atomic mass is 9.81. The molecule has 0 bridgehead atoms. The normalized spacial score (nSPS) is 23.4. The van der Waals surface area contributed by atoms with Crippen molar-refractivity contribution in [3.63, 3.8) is 0 Å². The van der Waals surface area contributed by atoms with Crippen molar-refractivity contribution in [2.75, 3.05) is 33.3 Å². The molecule has 1 aromatic carbocycles. The average molecular weight is 563 g/mol. The van der Waals surface area contributed by atoms with Gasteiger partial charge in [0, 0.05) is 68.6 Å². The van der Waals surface area contributed by atoms with E-state index in [2.05, 4.69) is 15.2 Å². The van der Waals surface area contributed by atoms with Gasteiger partial charge in [-0.1, -0.05) is 12.1 Å². The van der Waals surface area contributed by atoms with Crippen molar-refractivity contribution in [2.24, 2.45) is 0 Å². The molecule has 1 aliphatic carbocycles. The highest BCUT2D eigenvalue weighted by atomic mass is 19.4. The molecular formula is C29H34F4N4O3.